The molecule has 1 aliphatic rings. The van der Waals surface area contributed by atoms with Crippen LogP contribution in [0.25, 0.3) is 0 Å². The van der Waals surface area contributed by atoms with Crippen molar-refractivity contribution in [2.24, 2.45) is 0 Å². The summed E-state index contributed by atoms with van der Waals surface area (Å²) in [6, 6.07) is 19.3. The van der Waals surface area contributed by atoms with Crippen LogP contribution in [0, 0.1) is 0 Å². The average molecular weight is 386 g/mol. The Morgan fingerprint density at radius 1 is 1.03 bits per heavy atom. The summed E-state index contributed by atoms with van der Waals surface area (Å²) in [4.78, 5) is 35.0. The normalized spacial score (nSPS) is 16.1. The first-order valence-corrected chi connectivity index (χ1v) is 9.70. The number of nitrogens with zero attached hydrogens (tertiary/aromatic N) is 3. The summed E-state index contributed by atoms with van der Waals surface area (Å²) in [6.07, 6.45) is 4.70. The Morgan fingerprint density at radius 3 is 2.66 bits per heavy atom. The van der Waals surface area contributed by atoms with E-state index in [2.05, 4.69) is 27.4 Å². The third kappa shape index (κ3) is 4.66. The molecule has 0 aliphatic carbocycles. The Labute approximate surface area is 169 Å². The van der Waals surface area contributed by atoms with Crippen LogP contribution in [-0.2, 0) is 16.0 Å². The fraction of sp³-hybridized carbons (Fsp3) is 0.217. The van der Waals surface area contributed by atoms with Gasteiger partial charge in [-0.15, -0.1) is 0 Å². The third-order valence-corrected chi connectivity index (χ3v) is 5.05. The number of nitrogens with one attached hydrogen (secondary N) is 1. The zero-order valence-electron chi connectivity index (χ0n) is 16.0. The number of aromatic nitrogens is 2. The number of hydrogen-bond donors (Lipinski definition) is 1. The van der Waals surface area contributed by atoms with Crippen molar-refractivity contribution in [2.45, 2.75) is 25.2 Å². The van der Waals surface area contributed by atoms with E-state index in [1.165, 1.54) is 5.56 Å². The van der Waals surface area contributed by atoms with Gasteiger partial charge in [-0.1, -0.05) is 36.4 Å². The molecule has 0 bridgehead atoms. The first kappa shape index (κ1) is 18.8. The van der Waals surface area contributed by atoms with Crippen molar-refractivity contribution in [3.8, 4) is 0 Å². The number of benzene rings is 1. The number of carbonyl (C=O) groups is 2. The van der Waals surface area contributed by atoms with Gasteiger partial charge in [0, 0.05) is 55.1 Å². The summed E-state index contributed by atoms with van der Waals surface area (Å²) in [5.41, 5.74) is 2.79. The van der Waals surface area contributed by atoms with Crippen LogP contribution in [0.5, 0.6) is 0 Å². The van der Waals surface area contributed by atoms with Gasteiger partial charge >= 0.3 is 0 Å². The van der Waals surface area contributed by atoms with Crippen molar-refractivity contribution in [1.82, 2.24) is 9.97 Å². The fourth-order valence-corrected chi connectivity index (χ4v) is 3.55. The van der Waals surface area contributed by atoms with Gasteiger partial charge in [0.1, 0.15) is 5.82 Å². The maximum Gasteiger partial charge on any atom is 0.227 e. The van der Waals surface area contributed by atoms with Gasteiger partial charge in [0.2, 0.25) is 11.8 Å². The number of hydrogen-bond acceptors (Lipinski definition) is 4. The largest absolute Gasteiger partial charge is 0.312 e. The summed E-state index contributed by atoms with van der Waals surface area (Å²) in [6.45, 7) is 0.625. The fourth-order valence-electron chi connectivity index (χ4n) is 3.55. The van der Waals surface area contributed by atoms with E-state index in [-0.39, 0.29) is 17.7 Å². The summed E-state index contributed by atoms with van der Waals surface area (Å²) < 4.78 is 0. The van der Waals surface area contributed by atoms with Gasteiger partial charge in [0.05, 0.1) is 0 Å². The molecule has 1 fully saturated rings. The van der Waals surface area contributed by atoms with Crippen LogP contribution in [0.15, 0.2) is 73.1 Å². The van der Waals surface area contributed by atoms with Crippen LogP contribution < -0.4 is 10.2 Å². The number of pyridine rings is 2. The number of rotatable bonds is 6. The molecule has 3 heterocycles. The number of anilines is 2. The second-order valence-electron chi connectivity index (χ2n) is 7.08. The lowest BCUT2D eigenvalue weighted by atomic mass is 9.99. The molecule has 1 aliphatic heterocycles. The van der Waals surface area contributed by atoms with E-state index in [1.807, 2.05) is 36.4 Å². The van der Waals surface area contributed by atoms with E-state index < -0.39 is 0 Å². The topological polar surface area (TPSA) is 75.2 Å². The van der Waals surface area contributed by atoms with Crippen LogP contribution in [0.1, 0.15) is 30.0 Å². The van der Waals surface area contributed by atoms with Crippen molar-refractivity contribution in [3.05, 3.63) is 84.3 Å². The van der Waals surface area contributed by atoms with E-state index in [0.29, 0.717) is 31.6 Å². The van der Waals surface area contributed by atoms with Crippen LogP contribution in [0.2, 0.25) is 0 Å². The quantitative estimate of drug-likeness (QED) is 0.703. The van der Waals surface area contributed by atoms with Gasteiger partial charge in [0.15, 0.2) is 0 Å². The molecule has 6 heteroatoms. The van der Waals surface area contributed by atoms with E-state index in [4.69, 9.17) is 0 Å². The molecule has 29 heavy (non-hydrogen) atoms. The minimum absolute atomic E-state index is 0.0810. The van der Waals surface area contributed by atoms with E-state index in [0.717, 1.165) is 11.4 Å². The molecular formula is C23H22N4O2. The molecule has 6 nitrogen and oxygen atoms in total. The van der Waals surface area contributed by atoms with Gasteiger partial charge in [-0.3, -0.25) is 14.6 Å². The molecule has 1 atom stereocenters. The number of aryl methyl sites for hydroxylation is 1. The smallest absolute Gasteiger partial charge is 0.227 e. The van der Waals surface area contributed by atoms with Gasteiger partial charge in [-0.2, -0.15) is 0 Å². The molecule has 0 saturated carbocycles. The molecule has 2 aromatic heterocycles. The number of amides is 2. The Hall–Kier alpha value is -3.54. The second-order valence-corrected chi connectivity index (χ2v) is 7.08. The number of carbonyl (C=O) groups excluding carboxylic acids is 2. The molecular weight excluding hydrogens is 364 g/mol. The first-order valence-electron chi connectivity index (χ1n) is 9.70. The molecule has 1 aromatic carbocycles. The molecule has 3 aromatic rings. The molecule has 4 rings (SSSR count). The van der Waals surface area contributed by atoms with Crippen LogP contribution >= 0.6 is 0 Å². The maximum atomic E-state index is 12.6. The van der Waals surface area contributed by atoms with Gasteiger partial charge < -0.3 is 10.2 Å². The average Bonchev–Trinajstić information content (AvgIpc) is 3.15. The zero-order valence-corrected chi connectivity index (χ0v) is 16.0. The molecule has 146 valence electrons. The van der Waals surface area contributed by atoms with E-state index in [1.54, 1.807) is 29.4 Å². The molecule has 1 N–H and O–H groups in total. The van der Waals surface area contributed by atoms with Crippen LogP contribution in [-0.4, -0.2) is 28.3 Å². The maximum absolute atomic E-state index is 12.6. The minimum atomic E-state index is -0.129. The summed E-state index contributed by atoms with van der Waals surface area (Å²) in [7, 11) is 0. The standard InChI is InChI=1S/C23H22N4O2/c28-22(10-9-19-8-4-5-12-24-19)26-21-15-20(11-13-25-21)27-16-18(14-23(27)29)17-6-2-1-3-7-17/h1-8,11-13,15,18H,9-10,14,16H2,(H,25,26,28). The highest BCUT2D eigenvalue weighted by Gasteiger charge is 2.31. The second kappa shape index (κ2) is 8.65. The highest BCUT2D eigenvalue weighted by atomic mass is 16.2. The third-order valence-electron chi connectivity index (χ3n) is 5.05. The van der Waals surface area contributed by atoms with Crippen molar-refractivity contribution >= 4 is 23.3 Å². The van der Waals surface area contributed by atoms with Gasteiger partial charge in [-0.05, 0) is 30.2 Å². The molecule has 0 spiro atoms. The predicted molar refractivity (Wildman–Crippen MR) is 112 cm³/mol. The Morgan fingerprint density at radius 2 is 1.86 bits per heavy atom. The summed E-state index contributed by atoms with van der Waals surface area (Å²) >= 11 is 0. The van der Waals surface area contributed by atoms with Crippen LogP contribution in [0.3, 0.4) is 0 Å². The molecule has 2 amide bonds. The van der Waals surface area contributed by atoms with Gasteiger partial charge in [0.25, 0.3) is 0 Å². The Bertz CT molecular complexity index is 992. The molecule has 1 unspecified atom stereocenters. The monoisotopic (exact) mass is 386 g/mol. The SMILES string of the molecule is O=C(CCc1ccccn1)Nc1cc(N2CC(c3ccccc3)CC2=O)ccn1. The first-order chi connectivity index (χ1) is 14.2. The highest BCUT2D eigenvalue weighted by molar-refractivity contribution is 5.97. The zero-order chi connectivity index (χ0) is 20.1. The lowest BCUT2D eigenvalue weighted by molar-refractivity contribution is -0.117. The Balaban J connectivity index is 1.39. The minimum Gasteiger partial charge on any atom is -0.312 e. The van der Waals surface area contributed by atoms with Crippen molar-refractivity contribution in [2.75, 3.05) is 16.8 Å². The molecule has 0 radical (unpaired) electrons. The van der Waals surface area contributed by atoms with E-state index >= 15 is 0 Å². The Kier molecular flexibility index (Phi) is 5.61. The lowest BCUT2D eigenvalue weighted by Gasteiger charge is -2.17. The van der Waals surface area contributed by atoms with Gasteiger partial charge in [-0.25, -0.2) is 4.98 Å². The van der Waals surface area contributed by atoms with Crippen molar-refractivity contribution < 1.29 is 9.59 Å². The lowest BCUT2D eigenvalue weighted by Crippen LogP contribution is -2.24. The highest BCUT2D eigenvalue weighted by Crippen LogP contribution is 2.32. The summed E-state index contributed by atoms with van der Waals surface area (Å²) in [5, 5.41) is 2.82. The predicted octanol–water partition coefficient (Wildman–Crippen LogP) is 3.57. The van der Waals surface area contributed by atoms with Crippen LogP contribution in [0.4, 0.5) is 11.5 Å². The van der Waals surface area contributed by atoms with Crippen molar-refractivity contribution in [1.29, 1.82) is 0 Å². The van der Waals surface area contributed by atoms with Crippen molar-refractivity contribution in [3.63, 3.8) is 0 Å². The molecule has 1 saturated heterocycles. The summed E-state index contributed by atoms with van der Waals surface area (Å²) in [5.74, 6) is 0.574. The van der Waals surface area contributed by atoms with E-state index in [9.17, 15) is 9.59 Å².